The van der Waals surface area contributed by atoms with Gasteiger partial charge in [-0.2, -0.15) is 13.1 Å². The minimum atomic E-state index is -4.26. The fourth-order valence-corrected chi connectivity index (χ4v) is 2.13. The van der Waals surface area contributed by atoms with Crippen molar-refractivity contribution < 1.29 is 27.9 Å². The highest BCUT2D eigenvalue weighted by Gasteiger charge is 2.25. The molecule has 0 saturated carbocycles. The summed E-state index contributed by atoms with van der Waals surface area (Å²) in [6, 6.07) is -1.27. The van der Waals surface area contributed by atoms with Crippen molar-refractivity contribution >= 4 is 22.3 Å². The summed E-state index contributed by atoms with van der Waals surface area (Å²) in [5.74, 6) is -1.30. The summed E-state index contributed by atoms with van der Waals surface area (Å²) in [4.78, 5) is 22.0. The van der Waals surface area contributed by atoms with E-state index in [2.05, 4.69) is 4.74 Å². The molecule has 19 heavy (non-hydrogen) atoms. The lowest BCUT2D eigenvalue weighted by Gasteiger charge is -2.15. The highest BCUT2D eigenvalue weighted by molar-refractivity contribution is 7.88. The van der Waals surface area contributed by atoms with E-state index in [-0.39, 0.29) is 6.42 Å². The quantitative estimate of drug-likeness (QED) is 0.603. The number of carbonyl (C=O) groups is 2. The predicted molar refractivity (Wildman–Crippen MR) is 67.8 cm³/mol. The topological polar surface area (TPSA) is 122 Å². The van der Waals surface area contributed by atoms with Crippen LogP contribution in [0.5, 0.6) is 0 Å². The zero-order valence-corrected chi connectivity index (χ0v) is 12.0. The number of aliphatic carboxylic acids is 1. The largest absolute Gasteiger partial charge is 0.480 e. The lowest BCUT2D eigenvalue weighted by molar-refractivity contribution is -0.139. The number of hydrogen-bond acceptors (Lipinski definition) is 5. The molecule has 0 aromatic carbocycles. The molecule has 1 atom stereocenters. The molecule has 0 rings (SSSR count). The van der Waals surface area contributed by atoms with E-state index in [1.807, 2.05) is 11.6 Å². The van der Waals surface area contributed by atoms with Gasteiger partial charge in [0.15, 0.2) is 0 Å². The molecule has 9 heteroatoms. The Morgan fingerprint density at radius 3 is 2.32 bits per heavy atom. The standard InChI is InChI=1S/C10H20N2O6S/c1-4-5-6-8(9(13)14)11-19(16,17)12-10(15)18-7(2)3/h7-8,11H,4-6H2,1-3H3,(H,12,15)(H,13,14)/t8-/m0/s1. The molecule has 3 N–H and O–H groups in total. The zero-order valence-electron chi connectivity index (χ0n) is 11.2. The maximum atomic E-state index is 11.5. The molecule has 0 bridgehead atoms. The number of carbonyl (C=O) groups excluding carboxylic acids is 1. The molecule has 8 nitrogen and oxygen atoms in total. The second-order valence-electron chi connectivity index (χ2n) is 4.21. The van der Waals surface area contributed by atoms with E-state index >= 15 is 0 Å². The van der Waals surface area contributed by atoms with Crippen molar-refractivity contribution in [1.82, 2.24) is 9.44 Å². The lowest BCUT2D eigenvalue weighted by Crippen LogP contribution is -2.48. The molecular weight excluding hydrogens is 276 g/mol. The highest BCUT2D eigenvalue weighted by atomic mass is 32.2. The van der Waals surface area contributed by atoms with Crippen LogP contribution in [0.15, 0.2) is 0 Å². The molecule has 112 valence electrons. The van der Waals surface area contributed by atoms with E-state index < -0.39 is 34.4 Å². The Morgan fingerprint density at radius 1 is 1.32 bits per heavy atom. The van der Waals surface area contributed by atoms with Crippen LogP contribution in [0.2, 0.25) is 0 Å². The number of nitrogens with one attached hydrogen (secondary N) is 2. The summed E-state index contributed by atoms with van der Waals surface area (Å²) in [7, 11) is -4.26. The van der Waals surface area contributed by atoms with Gasteiger partial charge >= 0.3 is 22.3 Å². The first kappa shape index (κ1) is 17.6. The summed E-state index contributed by atoms with van der Waals surface area (Å²) in [6.07, 6.45) is -0.205. The number of unbranched alkanes of at least 4 members (excludes halogenated alkanes) is 1. The second-order valence-corrected chi connectivity index (χ2v) is 5.66. The molecule has 0 spiro atoms. The molecular formula is C10H20N2O6S. The Kier molecular flexibility index (Phi) is 7.38. The molecule has 0 aromatic rings. The normalized spacial score (nSPS) is 13.1. The van der Waals surface area contributed by atoms with Crippen molar-refractivity contribution in [3.05, 3.63) is 0 Å². The summed E-state index contributed by atoms with van der Waals surface area (Å²) >= 11 is 0. The fraction of sp³-hybridized carbons (Fsp3) is 0.800. The maximum absolute atomic E-state index is 11.5. The first-order valence-electron chi connectivity index (χ1n) is 5.91. The molecule has 0 aliphatic rings. The predicted octanol–water partition coefficient (Wildman–Crippen LogP) is 0.599. The van der Waals surface area contributed by atoms with E-state index in [4.69, 9.17) is 5.11 Å². The van der Waals surface area contributed by atoms with Crippen molar-refractivity contribution in [1.29, 1.82) is 0 Å². The van der Waals surface area contributed by atoms with Gasteiger partial charge in [-0.1, -0.05) is 19.8 Å². The first-order valence-corrected chi connectivity index (χ1v) is 7.39. The molecule has 0 aliphatic carbocycles. The van der Waals surface area contributed by atoms with Gasteiger partial charge in [0, 0.05) is 0 Å². The fourth-order valence-electron chi connectivity index (χ4n) is 1.21. The SMILES string of the molecule is CCCC[C@H](NS(=O)(=O)NC(=O)OC(C)C)C(=O)O. The van der Waals surface area contributed by atoms with Crippen LogP contribution in [0.3, 0.4) is 0 Å². The number of amides is 1. The van der Waals surface area contributed by atoms with E-state index in [0.717, 1.165) is 6.42 Å². The maximum Gasteiger partial charge on any atom is 0.422 e. The number of rotatable bonds is 8. The van der Waals surface area contributed by atoms with Gasteiger partial charge in [-0.3, -0.25) is 4.79 Å². The molecule has 0 heterocycles. The van der Waals surface area contributed by atoms with Crippen molar-refractivity contribution in [2.45, 2.75) is 52.2 Å². The Hall–Kier alpha value is -1.35. The van der Waals surface area contributed by atoms with Crippen LogP contribution in [-0.4, -0.2) is 37.7 Å². The Labute approximate surface area is 112 Å². The van der Waals surface area contributed by atoms with Crippen molar-refractivity contribution in [3.63, 3.8) is 0 Å². The van der Waals surface area contributed by atoms with Gasteiger partial charge in [0.1, 0.15) is 6.04 Å². The number of ether oxygens (including phenoxy) is 1. The number of carboxylic acids is 1. The average molecular weight is 296 g/mol. The lowest BCUT2D eigenvalue weighted by atomic mass is 10.1. The summed E-state index contributed by atoms with van der Waals surface area (Å²) in [5.41, 5.74) is 0. The van der Waals surface area contributed by atoms with Gasteiger partial charge in [-0.15, -0.1) is 0 Å². The van der Waals surface area contributed by atoms with Gasteiger partial charge < -0.3 is 9.84 Å². The second kappa shape index (κ2) is 7.95. The Bertz CT molecular complexity index is 406. The molecule has 0 unspecified atom stereocenters. The van der Waals surface area contributed by atoms with Crippen molar-refractivity contribution in [2.24, 2.45) is 0 Å². The van der Waals surface area contributed by atoms with Gasteiger partial charge in [0.25, 0.3) is 0 Å². The number of carboxylic acid groups (broad SMARTS) is 1. The van der Waals surface area contributed by atoms with Crippen LogP contribution in [0.4, 0.5) is 4.79 Å². The van der Waals surface area contributed by atoms with Crippen LogP contribution in [0, 0.1) is 0 Å². The van der Waals surface area contributed by atoms with Crippen molar-refractivity contribution in [2.75, 3.05) is 0 Å². The monoisotopic (exact) mass is 296 g/mol. The van der Waals surface area contributed by atoms with Gasteiger partial charge in [-0.25, -0.2) is 9.52 Å². The smallest absolute Gasteiger partial charge is 0.422 e. The summed E-state index contributed by atoms with van der Waals surface area (Å²) in [5, 5.41) is 8.87. The van der Waals surface area contributed by atoms with Crippen LogP contribution < -0.4 is 9.44 Å². The van der Waals surface area contributed by atoms with Gasteiger partial charge in [-0.05, 0) is 20.3 Å². The Balaban J connectivity index is 4.55. The average Bonchev–Trinajstić information content (AvgIpc) is 2.21. The minimum absolute atomic E-state index is 0.145. The molecule has 0 radical (unpaired) electrons. The van der Waals surface area contributed by atoms with Gasteiger partial charge in [0.05, 0.1) is 6.10 Å². The first-order chi connectivity index (χ1) is 8.68. The van der Waals surface area contributed by atoms with Crippen LogP contribution in [0.1, 0.15) is 40.0 Å². The van der Waals surface area contributed by atoms with E-state index in [1.165, 1.54) is 0 Å². The molecule has 0 fully saturated rings. The summed E-state index contributed by atoms with van der Waals surface area (Å²) in [6.45, 7) is 4.97. The van der Waals surface area contributed by atoms with E-state index in [0.29, 0.717) is 6.42 Å². The molecule has 0 aromatic heterocycles. The molecule has 0 saturated heterocycles. The molecule has 0 aliphatic heterocycles. The van der Waals surface area contributed by atoms with Gasteiger partial charge in [0.2, 0.25) is 0 Å². The zero-order chi connectivity index (χ0) is 15.1. The third-order valence-electron chi connectivity index (χ3n) is 2.00. The van der Waals surface area contributed by atoms with Crippen LogP contribution in [0.25, 0.3) is 0 Å². The van der Waals surface area contributed by atoms with E-state index in [9.17, 15) is 18.0 Å². The Morgan fingerprint density at radius 2 is 1.89 bits per heavy atom. The van der Waals surface area contributed by atoms with Crippen LogP contribution in [-0.2, 0) is 19.7 Å². The summed E-state index contributed by atoms with van der Waals surface area (Å²) < 4.78 is 31.1. The third kappa shape index (κ3) is 8.38. The highest BCUT2D eigenvalue weighted by Crippen LogP contribution is 2.02. The van der Waals surface area contributed by atoms with Crippen molar-refractivity contribution in [3.8, 4) is 0 Å². The third-order valence-corrected chi connectivity index (χ3v) is 3.03. The van der Waals surface area contributed by atoms with Crippen LogP contribution >= 0.6 is 0 Å². The van der Waals surface area contributed by atoms with E-state index in [1.54, 1.807) is 18.6 Å². The number of hydrogen-bond donors (Lipinski definition) is 3. The minimum Gasteiger partial charge on any atom is -0.480 e. The molecule has 1 amide bonds.